The summed E-state index contributed by atoms with van der Waals surface area (Å²) in [6.07, 6.45) is 0.186. The summed E-state index contributed by atoms with van der Waals surface area (Å²) in [6.45, 7) is 3.53. The molecule has 1 N–H and O–H groups in total. The SMILES string of the molecule is CNC(C#N)(CN1C(=O)CC(C)(C)C1=O)c1ccccc1. The number of imide groups is 1. The molecule has 2 rings (SSSR count). The molecule has 1 aliphatic heterocycles. The van der Waals surface area contributed by atoms with Crippen molar-refractivity contribution in [1.82, 2.24) is 10.2 Å². The number of nitriles is 1. The molecular formula is C16H19N3O2. The lowest BCUT2D eigenvalue weighted by atomic mass is 9.90. The van der Waals surface area contributed by atoms with Crippen LogP contribution in [0.15, 0.2) is 30.3 Å². The lowest BCUT2D eigenvalue weighted by Crippen LogP contribution is -2.50. The highest BCUT2D eigenvalue weighted by Gasteiger charge is 2.48. The second-order valence-electron chi connectivity index (χ2n) is 5.98. The van der Waals surface area contributed by atoms with Crippen LogP contribution >= 0.6 is 0 Å². The molecule has 5 nitrogen and oxygen atoms in total. The van der Waals surface area contributed by atoms with E-state index in [2.05, 4.69) is 11.4 Å². The van der Waals surface area contributed by atoms with E-state index >= 15 is 0 Å². The summed E-state index contributed by atoms with van der Waals surface area (Å²) in [5.41, 5.74) is -1.05. The van der Waals surface area contributed by atoms with E-state index < -0.39 is 11.0 Å². The normalized spacial score (nSPS) is 20.2. The highest BCUT2D eigenvalue weighted by molar-refractivity contribution is 6.05. The van der Waals surface area contributed by atoms with E-state index in [0.717, 1.165) is 5.56 Å². The molecule has 1 unspecified atom stereocenters. The summed E-state index contributed by atoms with van der Waals surface area (Å²) in [4.78, 5) is 25.7. The predicted molar refractivity (Wildman–Crippen MR) is 77.9 cm³/mol. The number of likely N-dealkylation sites (tertiary alicyclic amines) is 1. The molecule has 1 aromatic carbocycles. The van der Waals surface area contributed by atoms with Crippen LogP contribution in [-0.2, 0) is 15.1 Å². The first-order valence-corrected chi connectivity index (χ1v) is 6.87. The maximum Gasteiger partial charge on any atom is 0.235 e. The Bertz CT molecular complexity index is 604. The first-order chi connectivity index (χ1) is 9.86. The lowest BCUT2D eigenvalue weighted by molar-refractivity contribution is -0.141. The number of carbonyl (C=O) groups is 2. The summed E-state index contributed by atoms with van der Waals surface area (Å²) in [5.74, 6) is -0.450. The molecule has 1 atom stereocenters. The molecule has 0 spiro atoms. The Morgan fingerprint density at radius 1 is 1.33 bits per heavy atom. The van der Waals surface area contributed by atoms with Crippen LogP contribution in [0.2, 0.25) is 0 Å². The molecule has 1 aliphatic rings. The lowest BCUT2D eigenvalue weighted by Gasteiger charge is -2.31. The molecule has 2 amide bonds. The Balaban J connectivity index is 2.37. The van der Waals surface area contributed by atoms with Crippen molar-refractivity contribution in [1.29, 1.82) is 5.26 Å². The van der Waals surface area contributed by atoms with Gasteiger partial charge >= 0.3 is 0 Å². The van der Waals surface area contributed by atoms with Crippen molar-refractivity contribution in [2.24, 2.45) is 5.41 Å². The number of nitrogens with one attached hydrogen (secondary N) is 1. The monoisotopic (exact) mass is 285 g/mol. The number of nitrogens with zero attached hydrogens (tertiary/aromatic N) is 2. The van der Waals surface area contributed by atoms with Gasteiger partial charge in [-0.25, -0.2) is 0 Å². The summed E-state index contributed by atoms with van der Waals surface area (Å²) in [5, 5.41) is 12.6. The van der Waals surface area contributed by atoms with Gasteiger partial charge in [-0.15, -0.1) is 0 Å². The number of hydrogen-bond acceptors (Lipinski definition) is 4. The number of benzene rings is 1. The molecule has 1 saturated heterocycles. The van der Waals surface area contributed by atoms with E-state index in [1.54, 1.807) is 20.9 Å². The average molecular weight is 285 g/mol. The molecule has 0 radical (unpaired) electrons. The second-order valence-corrected chi connectivity index (χ2v) is 5.98. The van der Waals surface area contributed by atoms with Gasteiger partial charge in [-0.2, -0.15) is 5.26 Å². The van der Waals surface area contributed by atoms with Gasteiger partial charge in [0, 0.05) is 6.42 Å². The van der Waals surface area contributed by atoms with Crippen molar-refractivity contribution >= 4 is 11.8 Å². The van der Waals surface area contributed by atoms with Crippen LogP contribution in [0.1, 0.15) is 25.8 Å². The number of amides is 2. The zero-order valence-electron chi connectivity index (χ0n) is 12.5. The summed E-state index contributed by atoms with van der Waals surface area (Å²) in [6, 6.07) is 11.4. The van der Waals surface area contributed by atoms with Crippen molar-refractivity contribution in [3.05, 3.63) is 35.9 Å². The van der Waals surface area contributed by atoms with E-state index in [9.17, 15) is 14.9 Å². The smallest absolute Gasteiger partial charge is 0.235 e. The first kappa shape index (κ1) is 15.2. The van der Waals surface area contributed by atoms with Gasteiger partial charge in [-0.3, -0.25) is 19.8 Å². The Morgan fingerprint density at radius 2 is 1.95 bits per heavy atom. The van der Waals surface area contributed by atoms with Crippen molar-refractivity contribution in [3.8, 4) is 6.07 Å². The Morgan fingerprint density at radius 3 is 2.38 bits per heavy atom. The summed E-state index contributed by atoms with van der Waals surface area (Å²) < 4.78 is 0. The van der Waals surface area contributed by atoms with Gasteiger partial charge in [0.25, 0.3) is 0 Å². The van der Waals surface area contributed by atoms with Gasteiger partial charge in [0.15, 0.2) is 0 Å². The quantitative estimate of drug-likeness (QED) is 0.849. The molecule has 0 saturated carbocycles. The van der Waals surface area contributed by atoms with Crippen LogP contribution in [0.3, 0.4) is 0 Å². The van der Waals surface area contributed by atoms with Crippen LogP contribution in [0.25, 0.3) is 0 Å². The second kappa shape index (κ2) is 5.30. The predicted octanol–water partition coefficient (Wildman–Crippen LogP) is 1.41. The van der Waals surface area contributed by atoms with Gasteiger partial charge in [0.1, 0.15) is 5.54 Å². The van der Waals surface area contributed by atoms with Gasteiger partial charge in [-0.1, -0.05) is 44.2 Å². The maximum absolute atomic E-state index is 12.3. The fourth-order valence-electron chi connectivity index (χ4n) is 2.62. The third-order valence-corrected chi connectivity index (χ3v) is 4.00. The third kappa shape index (κ3) is 2.55. The van der Waals surface area contributed by atoms with Gasteiger partial charge in [-0.05, 0) is 12.6 Å². The fraction of sp³-hybridized carbons (Fsp3) is 0.438. The van der Waals surface area contributed by atoms with Crippen LogP contribution < -0.4 is 5.32 Å². The molecular weight excluding hydrogens is 266 g/mol. The van der Waals surface area contributed by atoms with Crippen molar-refractivity contribution in [3.63, 3.8) is 0 Å². The molecule has 21 heavy (non-hydrogen) atoms. The number of rotatable bonds is 4. The average Bonchev–Trinajstić information content (AvgIpc) is 2.67. The largest absolute Gasteiger partial charge is 0.297 e. The standard InChI is InChI=1S/C16H19N3O2/c1-15(2)9-13(20)19(14(15)21)11-16(10-17,18-3)12-7-5-4-6-8-12/h4-8,18H,9,11H2,1-3H3. The Kier molecular flexibility index (Phi) is 3.84. The minimum Gasteiger partial charge on any atom is -0.297 e. The zero-order valence-corrected chi connectivity index (χ0v) is 12.5. The summed E-state index contributed by atoms with van der Waals surface area (Å²) in [7, 11) is 1.66. The van der Waals surface area contributed by atoms with E-state index in [1.807, 2.05) is 30.3 Å². The molecule has 1 heterocycles. The van der Waals surface area contributed by atoms with Gasteiger partial charge < -0.3 is 0 Å². The van der Waals surface area contributed by atoms with Crippen molar-refractivity contribution in [2.75, 3.05) is 13.6 Å². The van der Waals surface area contributed by atoms with E-state index in [-0.39, 0.29) is 24.8 Å². The molecule has 0 aromatic heterocycles. The number of likely N-dealkylation sites (N-methyl/N-ethyl adjacent to an activating group) is 1. The Hall–Kier alpha value is -2.19. The minimum atomic E-state index is -1.09. The zero-order chi connectivity index (χ0) is 15.7. The molecule has 0 bridgehead atoms. The molecule has 1 aromatic rings. The van der Waals surface area contributed by atoms with Gasteiger partial charge in [0.2, 0.25) is 11.8 Å². The maximum atomic E-state index is 12.3. The number of carbonyl (C=O) groups excluding carboxylic acids is 2. The highest BCUT2D eigenvalue weighted by atomic mass is 16.2. The first-order valence-electron chi connectivity index (χ1n) is 6.87. The molecule has 5 heteroatoms. The van der Waals surface area contributed by atoms with Crippen LogP contribution in [-0.4, -0.2) is 30.3 Å². The fourth-order valence-corrected chi connectivity index (χ4v) is 2.62. The topological polar surface area (TPSA) is 73.2 Å². The van der Waals surface area contributed by atoms with Gasteiger partial charge in [0.05, 0.1) is 18.0 Å². The van der Waals surface area contributed by atoms with E-state index in [0.29, 0.717) is 0 Å². The van der Waals surface area contributed by atoms with Crippen LogP contribution in [0.4, 0.5) is 0 Å². The van der Waals surface area contributed by atoms with Crippen LogP contribution in [0, 0.1) is 16.7 Å². The van der Waals surface area contributed by atoms with E-state index in [4.69, 9.17) is 0 Å². The highest BCUT2D eigenvalue weighted by Crippen LogP contribution is 2.34. The van der Waals surface area contributed by atoms with Crippen molar-refractivity contribution in [2.45, 2.75) is 25.8 Å². The molecule has 110 valence electrons. The summed E-state index contributed by atoms with van der Waals surface area (Å²) >= 11 is 0. The number of hydrogen-bond donors (Lipinski definition) is 1. The Labute approximate surface area is 124 Å². The third-order valence-electron chi connectivity index (χ3n) is 4.00. The minimum absolute atomic E-state index is 0.0190. The molecule has 0 aliphatic carbocycles. The van der Waals surface area contributed by atoms with Crippen LogP contribution in [0.5, 0.6) is 0 Å². The van der Waals surface area contributed by atoms with E-state index in [1.165, 1.54) is 4.90 Å². The molecule has 1 fully saturated rings. The van der Waals surface area contributed by atoms with Crippen molar-refractivity contribution < 1.29 is 9.59 Å².